The summed E-state index contributed by atoms with van der Waals surface area (Å²) >= 11 is 0. The highest BCUT2D eigenvalue weighted by Gasteiger charge is 2.32. The Morgan fingerprint density at radius 3 is 2.09 bits per heavy atom. The molecule has 0 spiro atoms. The van der Waals surface area contributed by atoms with Crippen molar-refractivity contribution in [2.75, 3.05) is 11.9 Å². The molecule has 248 valence electrons. The van der Waals surface area contributed by atoms with E-state index in [0.717, 1.165) is 0 Å². The van der Waals surface area contributed by atoms with Crippen molar-refractivity contribution in [3.8, 4) is 0 Å². The van der Waals surface area contributed by atoms with Gasteiger partial charge in [-0.1, -0.05) is 38.8 Å². The zero-order chi connectivity index (χ0) is 33.4. The number of benzene rings is 1. The number of rotatable bonds is 19. The van der Waals surface area contributed by atoms with Gasteiger partial charge in [-0.25, -0.2) is 9.59 Å². The number of nitrogens with two attached hydrogens (primary N) is 1. The summed E-state index contributed by atoms with van der Waals surface area (Å²) in [6.07, 6.45) is 2.96. The molecule has 1 aliphatic rings. The van der Waals surface area contributed by atoms with Crippen LogP contribution in [-0.2, 0) is 40.2 Å². The van der Waals surface area contributed by atoms with E-state index in [9.17, 15) is 38.7 Å². The van der Waals surface area contributed by atoms with Crippen LogP contribution in [0.1, 0.15) is 83.6 Å². The molecule has 7 N–H and O–H groups in total. The van der Waals surface area contributed by atoms with Crippen molar-refractivity contribution >= 4 is 47.2 Å². The van der Waals surface area contributed by atoms with E-state index in [4.69, 9.17) is 10.6 Å². The minimum absolute atomic E-state index is 0.0279. The second-order valence-corrected chi connectivity index (χ2v) is 11.1. The van der Waals surface area contributed by atoms with Crippen molar-refractivity contribution < 1.29 is 43.5 Å². The van der Waals surface area contributed by atoms with Crippen LogP contribution in [0.2, 0.25) is 0 Å². The molecular formula is C30H44N6O9. The lowest BCUT2D eigenvalue weighted by atomic mass is 10.0. The molecular weight excluding hydrogens is 588 g/mol. The number of carbonyl (C=O) groups excluding carboxylic acids is 7. The van der Waals surface area contributed by atoms with E-state index in [-0.39, 0.29) is 57.1 Å². The number of aliphatic hydroxyl groups is 1. The predicted octanol–water partition coefficient (Wildman–Crippen LogP) is 1.14. The van der Waals surface area contributed by atoms with E-state index in [1.54, 1.807) is 38.1 Å². The molecule has 1 aromatic rings. The molecule has 1 heterocycles. The van der Waals surface area contributed by atoms with Crippen molar-refractivity contribution in [3.63, 3.8) is 0 Å². The average Bonchev–Trinajstić information content (AvgIpc) is 3.31. The van der Waals surface area contributed by atoms with Gasteiger partial charge in [0.25, 0.3) is 11.8 Å². The minimum Gasteiger partial charge on any atom is -0.392 e. The summed E-state index contributed by atoms with van der Waals surface area (Å²) in [5.41, 5.74) is 6.24. The molecule has 15 nitrogen and oxygen atoms in total. The number of nitrogens with one attached hydrogen (secondary N) is 4. The van der Waals surface area contributed by atoms with Crippen molar-refractivity contribution in [1.29, 1.82) is 0 Å². The summed E-state index contributed by atoms with van der Waals surface area (Å²) in [7, 11) is 0. The van der Waals surface area contributed by atoms with Gasteiger partial charge in [-0.3, -0.25) is 24.0 Å². The quantitative estimate of drug-likeness (QED) is 0.0948. The fraction of sp³-hybridized carbons (Fsp3) is 0.567. The predicted molar refractivity (Wildman–Crippen MR) is 161 cm³/mol. The standard InChI is InChI=1S/C30H44N6O9/c1-19(2)27(35-23(38)9-5-3-4-6-10-26(41)45-36-24(39)15-16-25(36)40)29(43)34-22(8-7-17-32-30(31)44)28(42)33-21-13-11-20(18-37)12-14-21/h11-14,19,22,27,37H,3-10,15-18H2,1-2H3,(H,33,42)(H,34,43)(H,35,38)(H3,31,32,44)/t22-,27?/m0/s1. The molecule has 7 amide bonds. The number of hydroxylamine groups is 2. The van der Waals surface area contributed by atoms with Gasteiger partial charge in [0.1, 0.15) is 12.1 Å². The van der Waals surface area contributed by atoms with Crippen molar-refractivity contribution in [1.82, 2.24) is 21.0 Å². The highest BCUT2D eigenvalue weighted by atomic mass is 16.7. The van der Waals surface area contributed by atoms with Crippen molar-refractivity contribution in [2.24, 2.45) is 11.7 Å². The van der Waals surface area contributed by atoms with Gasteiger partial charge >= 0.3 is 12.0 Å². The number of aliphatic hydroxyl groups excluding tert-OH is 1. The van der Waals surface area contributed by atoms with E-state index in [1.165, 1.54) is 0 Å². The Hall–Kier alpha value is -4.53. The van der Waals surface area contributed by atoms with Crippen molar-refractivity contribution in [3.05, 3.63) is 29.8 Å². The van der Waals surface area contributed by atoms with Crippen LogP contribution in [0.15, 0.2) is 24.3 Å². The molecule has 15 heteroatoms. The van der Waals surface area contributed by atoms with Gasteiger partial charge in [0, 0.05) is 37.9 Å². The number of primary amides is 1. The van der Waals surface area contributed by atoms with E-state index in [1.807, 2.05) is 0 Å². The largest absolute Gasteiger partial charge is 0.392 e. The fourth-order valence-corrected chi connectivity index (χ4v) is 4.47. The van der Waals surface area contributed by atoms with Crippen LogP contribution in [0, 0.1) is 5.92 Å². The second-order valence-electron chi connectivity index (χ2n) is 11.1. The van der Waals surface area contributed by atoms with Gasteiger partial charge in [0.2, 0.25) is 17.7 Å². The summed E-state index contributed by atoms with van der Waals surface area (Å²) in [5.74, 6) is -3.40. The number of urea groups is 1. The molecule has 0 bridgehead atoms. The number of amides is 7. The Morgan fingerprint density at radius 1 is 0.889 bits per heavy atom. The number of anilines is 1. The number of imide groups is 1. The highest BCUT2D eigenvalue weighted by Crippen LogP contribution is 2.15. The van der Waals surface area contributed by atoms with Crippen LogP contribution in [-0.4, -0.2) is 70.3 Å². The molecule has 1 aromatic carbocycles. The van der Waals surface area contributed by atoms with Crippen molar-refractivity contribution in [2.45, 2.75) is 96.7 Å². The van der Waals surface area contributed by atoms with Gasteiger partial charge in [-0.2, -0.15) is 0 Å². The summed E-state index contributed by atoms with van der Waals surface area (Å²) in [5, 5.41) is 20.4. The molecule has 1 fully saturated rings. The van der Waals surface area contributed by atoms with Gasteiger partial charge in [0.05, 0.1) is 6.61 Å². The minimum atomic E-state index is -0.976. The smallest absolute Gasteiger partial charge is 0.333 e. The first-order valence-electron chi connectivity index (χ1n) is 15.1. The number of hydrogen-bond acceptors (Lipinski definition) is 9. The number of hydrogen-bond donors (Lipinski definition) is 6. The maximum absolute atomic E-state index is 13.2. The maximum Gasteiger partial charge on any atom is 0.333 e. The molecule has 0 aromatic heterocycles. The first-order valence-corrected chi connectivity index (χ1v) is 15.1. The molecule has 1 aliphatic heterocycles. The number of unbranched alkanes of at least 4 members (excludes halogenated alkanes) is 3. The molecule has 2 rings (SSSR count). The normalized spacial score (nSPS) is 14.1. The Morgan fingerprint density at radius 2 is 1.51 bits per heavy atom. The Bertz CT molecular complexity index is 1190. The summed E-state index contributed by atoms with van der Waals surface area (Å²) in [6.45, 7) is 3.58. The lowest BCUT2D eigenvalue weighted by Crippen LogP contribution is -2.54. The molecule has 0 aliphatic carbocycles. The Balaban J connectivity index is 1.83. The number of nitrogens with zero attached hydrogens (tertiary/aromatic N) is 1. The first-order chi connectivity index (χ1) is 21.4. The van der Waals surface area contributed by atoms with Crippen LogP contribution >= 0.6 is 0 Å². The Labute approximate surface area is 261 Å². The highest BCUT2D eigenvalue weighted by molar-refractivity contribution is 6.01. The van der Waals surface area contributed by atoms with Crippen LogP contribution < -0.4 is 27.0 Å². The fourth-order valence-electron chi connectivity index (χ4n) is 4.47. The van der Waals surface area contributed by atoms with Gasteiger partial charge in [-0.15, -0.1) is 5.06 Å². The molecule has 1 unspecified atom stereocenters. The lowest BCUT2D eigenvalue weighted by molar-refractivity contribution is -0.197. The summed E-state index contributed by atoms with van der Waals surface area (Å²) in [4.78, 5) is 89.8. The van der Waals surface area contributed by atoms with Crippen LogP contribution in [0.4, 0.5) is 10.5 Å². The third-order valence-corrected chi connectivity index (χ3v) is 7.01. The molecule has 1 saturated heterocycles. The van der Waals surface area contributed by atoms with E-state index in [2.05, 4.69) is 21.3 Å². The second kappa shape index (κ2) is 19.0. The third-order valence-electron chi connectivity index (χ3n) is 7.01. The molecule has 45 heavy (non-hydrogen) atoms. The first kappa shape index (κ1) is 36.7. The lowest BCUT2D eigenvalue weighted by Gasteiger charge is -2.25. The average molecular weight is 633 g/mol. The summed E-state index contributed by atoms with van der Waals surface area (Å²) < 4.78 is 0. The molecule has 2 atom stereocenters. The van der Waals surface area contributed by atoms with Crippen LogP contribution in [0.25, 0.3) is 0 Å². The molecule has 0 saturated carbocycles. The topological polar surface area (TPSA) is 226 Å². The number of carbonyl (C=O) groups is 7. The van der Waals surface area contributed by atoms with Gasteiger partial charge < -0.3 is 36.9 Å². The van der Waals surface area contributed by atoms with E-state index in [0.29, 0.717) is 48.4 Å². The SMILES string of the molecule is CC(C)C(NC(=O)CCCCCCC(=O)ON1C(=O)CCC1=O)C(=O)N[C@@H](CCCNC(N)=O)C(=O)Nc1ccc(CO)cc1. The monoisotopic (exact) mass is 632 g/mol. The van der Waals surface area contributed by atoms with Crippen LogP contribution in [0.3, 0.4) is 0 Å². The third kappa shape index (κ3) is 13.3. The molecule has 0 radical (unpaired) electrons. The zero-order valence-corrected chi connectivity index (χ0v) is 25.8. The van der Waals surface area contributed by atoms with E-state index >= 15 is 0 Å². The maximum atomic E-state index is 13.2. The summed E-state index contributed by atoms with van der Waals surface area (Å²) in [6, 6.07) is 3.96. The van der Waals surface area contributed by atoms with Crippen LogP contribution in [0.5, 0.6) is 0 Å². The Kier molecular flexibility index (Phi) is 15.5. The van der Waals surface area contributed by atoms with Gasteiger partial charge in [0.15, 0.2) is 0 Å². The van der Waals surface area contributed by atoms with E-state index < -0.39 is 47.7 Å². The zero-order valence-electron chi connectivity index (χ0n) is 25.8. The van der Waals surface area contributed by atoms with Gasteiger partial charge in [-0.05, 0) is 49.3 Å².